The minimum absolute atomic E-state index is 0.0357. The van der Waals surface area contributed by atoms with Crippen LogP contribution in [0.5, 0.6) is 0 Å². The number of carbonyl (C=O) groups is 5. The Balaban J connectivity index is 1.74. The first-order chi connectivity index (χ1) is 32.6. The number of cyclic esters (lactones) is 1. The maximum atomic E-state index is 14.4. The highest BCUT2D eigenvalue weighted by Gasteiger charge is 2.53. The smallest absolute Gasteiger partial charge is 0.329 e. The third kappa shape index (κ3) is 16.0. The Hall–Kier alpha value is -3.49. The van der Waals surface area contributed by atoms with Crippen LogP contribution in [-0.4, -0.2) is 149 Å². The van der Waals surface area contributed by atoms with Crippen molar-refractivity contribution in [2.24, 2.45) is 35.3 Å². The largest absolute Gasteiger partial charge is 0.459 e. The van der Waals surface area contributed by atoms with Crippen molar-refractivity contribution in [2.45, 2.75) is 193 Å². The average molecular weight is 974 g/mol. The molecule has 3 fully saturated rings. The van der Waals surface area contributed by atoms with E-state index in [4.69, 9.17) is 29.4 Å². The van der Waals surface area contributed by atoms with Crippen molar-refractivity contribution in [3.8, 4) is 0 Å². The van der Waals surface area contributed by atoms with Gasteiger partial charge in [0.15, 0.2) is 5.78 Å². The van der Waals surface area contributed by atoms with E-state index in [-0.39, 0.29) is 37.6 Å². The normalized spacial score (nSPS) is 39.2. The molecule has 1 amide bonds. The van der Waals surface area contributed by atoms with E-state index in [0.717, 1.165) is 10.5 Å². The first-order valence-electron chi connectivity index (χ1n) is 25.1. The lowest BCUT2D eigenvalue weighted by atomic mass is 9.80. The molecule has 0 aromatic carbocycles. The molecule has 0 aromatic rings. The quantitative estimate of drug-likeness (QED) is 0.0822. The Morgan fingerprint density at radius 1 is 0.913 bits per heavy atom. The van der Waals surface area contributed by atoms with Crippen LogP contribution >= 0.6 is 0 Å². The number of nitrogens with one attached hydrogen (secondary N) is 1. The van der Waals surface area contributed by atoms with Gasteiger partial charge in [0.1, 0.15) is 30.1 Å². The van der Waals surface area contributed by atoms with Crippen molar-refractivity contribution >= 4 is 29.2 Å². The Labute approximate surface area is 409 Å². The molecule has 0 radical (unpaired) electrons. The molecule has 1 aliphatic carbocycles. The molecule has 4 aliphatic rings. The number of nitrogens with zero attached hydrogens (tertiary/aromatic N) is 1. The van der Waals surface area contributed by atoms with Crippen LogP contribution in [-0.2, 0) is 47.7 Å². The number of rotatable bonds is 9. The summed E-state index contributed by atoms with van der Waals surface area (Å²) in [6.07, 6.45) is 7.25. The fraction of sp³-hybridized carbons (Fsp3) is 0.750. The second-order valence-corrected chi connectivity index (χ2v) is 20.1. The molecule has 0 spiro atoms. The lowest BCUT2D eigenvalue weighted by Crippen LogP contribution is -2.61. The van der Waals surface area contributed by atoms with Crippen molar-refractivity contribution in [3.63, 3.8) is 0 Å². The molecule has 3 heterocycles. The van der Waals surface area contributed by atoms with Gasteiger partial charge in [-0.2, -0.15) is 0 Å². The van der Waals surface area contributed by atoms with Gasteiger partial charge in [-0.05, 0) is 108 Å². The van der Waals surface area contributed by atoms with Gasteiger partial charge in [-0.15, -0.1) is 0 Å². The number of methoxy groups -OCH3 is 2. The first kappa shape index (κ1) is 58.1. The summed E-state index contributed by atoms with van der Waals surface area (Å²) >= 11 is 0. The second-order valence-electron chi connectivity index (χ2n) is 20.1. The summed E-state index contributed by atoms with van der Waals surface area (Å²) in [5, 5.41) is 47.4. The molecule has 2 saturated heterocycles. The molecule has 69 heavy (non-hydrogen) atoms. The zero-order valence-electron chi connectivity index (χ0n) is 42.4. The number of hydrogen-bond donors (Lipinski definition) is 6. The van der Waals surface area contributed by atoms with Crippen molar-refractivity contribution in [1.82, 2.24) is 10.2 Å². The Bertz CT molecular complexity index is 1850. The lowest BCUT2D eigenvalue weighted by molar-refractivity contribution is -0.265. The summed E-state index contributed by atoms with van der Waals surface area (Å²) in [5.41, 5.74) is 8.02. The van der Waals surface area contributed by atoms with E-state index in [1.807, 2.05) is 44.2 Å². The number of piperidine rings is 1. The van der Waals surface area contributed by atoms with E-state index in [2.05, 4.69) is 5.32 Å². The molecule has 390 valence electrons. The predicted octanol–water partition coefficient (Wildman–Crippen LogP) is 4.13. The maximum Gasteiger partial charge on any atom is 0.329 e. The predicted molar refractivity (Wildman–Crippen MR) is 258 cm³/mol. The van der Waals surface area contributed by atoms with Crippen LogP contribution in [0.1, 0.15) is 126 Å². The van der Waals surface area contributed by atoms with Crippen LogP contribution in [0.3, 0.4) is 0 Å². The van der Waals surface area contributed by atoms with Crippen molar-refractivity contribution < 1.29 is 68.1 Å². The minimum atomic E-state index is -2.47. The van der Waals surface area contributed by atoms with E-state index in [1.165, 1.54) is 7.11 Å². The Morgan fingerprint density at radius 2 is 1.64 bits per heavy atom. The number of aliphatic hydroxyl groups is 4. The standard InChI is InChI=1S/C52H83N3O14/c1-10-54-51(63)68-47-34(6)25-32(4)41(57)29-43(38(53)26-36-20-22-40(56)44(27-36)66-9)67-50(62)39-18-14-15-23-55(39)49(61)48(60)52(64)35(7)19-21-37(69-52)28-42(65-8)31(3)17-13-11-12-16-30(2)24-33(5)45(58)46(47)59/h11-13,16-17,25,30,32-33,35-40,42-44,46-47,51,54,56,59,63-64H,10,14-15,18-24,26-29,53H2,1-9H3/b13-11+,16-12+,31-17+,34-25+/t30-,32-,33-,35-,36+,37+,38-,39+,40-,42+,43+,44-,46+,47-,51?,52-/m1/s1. The number of Topliss-reactive ketones (excluding diaryl/α,β-unsaturated/α-hetero) is 3. The third-order valence-electron chi connectivity index (χ3n) is 14.6. The molecule has 17 nitrogen and oxygen atoms in total. The molecule has 1 saturated carbocycles. The van der Waals surface area contributed by atoms with Gasteiger partial charge in [-0.1, -0.05) is 71.1 Å². The molecular weight excluding hydrogens is 891 g/mol. The molecule has 4 rings (SSSR count). The van der Waals surface area contributed by atoms with E-state index in [9.17, 15) is 44.4 Å². The minimum Gasteiger partial charge on any atom is -0.459 e. The highest BCUT2D eigenvalue weighted by Crippen LogP contribution is 2.37. The zero-order valence-corrected chi connectivity index (χ0v) is 42.4. The van der Waals surface area contributed by atoms with Gasteiger partial charge in [0, 0.05) is 57.4 Å². The van der Waals surface area contributed by atoms with Crippen LogP contribution in [0.2, 0.25) is 0 Å². The molecule has 16 atom stereocenters. The Kier molecular flexibility index (Phi) is 23.0. The van der Waals surface area contributed by atoms with Gasteiger partial charge in [-0.3, -0.25) is 24.5 Å². The molecule has 3 aliphatic heterocycles. The summed E-state index contributed by atoms with van der Waals surface area (Å²) < 4.78 is 29.5. The highest BCUT2D eigenvalue weighted by molar-refractivity contribution is 6.39. The summed E-state index contributed by atoms with van der Waals surface area (Å²) in [7, 11) is 3.08. The number of fused-ring (bicyclic) bond motifs is 3. The first-order valence-corrected chi connectivity index (χ1v) is 25.1. The number of allylic oxidation sites excluding steroid dienone is 6. The number of nitrogens with two attached hydrogens (primary N) is 1. The fourth-order valence-electron chi connectivity index (χ4n) is 10.2. The van der Waals surface area contributed by atoms with Gasteiger partial charge < -0.3 is 54.7 Å². The summed E-state index contributed by atoms with van der Waals surface area (Å²) in [6, 6.07) is -2.11. The fourth-order valence-corrected chi connectivity index (χ4v) is 10.2. The van der Waals surface area contributed by atoms with Crippen LogP contribution in [0.25, 0.3) is 0 Å². The lowest BCUT2D eigenvalue weighted by Gasteiger charge is -2.42. The van der Waals surface area contributed by atoms with Gasteiger partial charge in [-0.25, -0.2) is 4.79 Å². The maximum absolute atomic E-state index is 14.4. The number of hydrogen-bond acceptors (Lipinski definition) is 16. The van der Waals surface area contributed by atoms with Gasteiger partial charge >= 0.3 is 5.97 Å². The van der Waals surface area contributed by atoms with Gasteiger partial charge in [0.25, 0.3) is 11.7 Å². The number of carbonyl (C=O) groups excluding carboxylic acids is 5. The van der Waals surface area contributed by atoms with Crippen LogP contribution in [0.4, 0.5) is 0 Å². The summed E-state index contributed by atoms with van der Waals surface area (Å²) in [4.78, 5) is 72.1. The monoisotopic (exact) mass is 974 g/mol. The van der Waals surface area contributed by atoms with Crippen LogP contribution < -0.4 is 11.1 Å². The third-order valence-corrected chi connectivity index (χ3v) is 14.6. The number of ether oxygens (including phenoxy) is 5. The highest BCUT2D eigenvalue weighted by atomic mass is 16.6. The number of amides is 1. The second kappa shape index (κ2) is 27.4. The van der Waals surface area contributed by atoms with Crippen LogP contribution in [0.15, 0.2) is 47.6 Å². The van der Waals surface area contributed by atoms with E-state index >= 15 is 0 Å². The zero-order chi connectivity index (χ0) is 51.2. The van der Waals surface area contributed by atoms with Crippen LogP contribution in [0, 0.1) is 29.6 Å². The Morgan fingerprint density at radius 3 is 2.32 bits per heavy atom. The molecule has 7 N–H and O–H groups in total. The van der Waals surface area contributed by atoms with Crippen molar-refractivity contribution in [1.29, 1.82) is 0 Å². The van der Waals surface area contributed by atoms with Gasteiger partial charge in [0.05, 0.1) is 24.4 Å². The number of esters is 1. The van der Waals surface area contributed by atoms with Crippen molar-refractivity contribution in [3.05, 3.63) is 47.6 Å². The summed E-state index contributed by atoms with van der Waals surface area (Å²) in [5.74, 6) is -8.84. The van der Waals surface area contributed by atoms with Crippen molar-refractivity contribution in [2.75, 3.05) is 27.3 Å². The van der Waals surface area contributed by atoms with E-state index in [1.54, 1.807) is 47.8 Å². The molecular formula is C52H83N3O14. The number of ketones is 3. The summed E-state index contributed by atoms with van der Waals surface area (Å²) in [6.45, 7) is 12.5. The average Bonchev–Trinajstić information content (AvgIpc) is 3.32. The molecule has 0 aromatic heterocycles. The topological polar surface area (TPSA) is 254 Å². The van der Waals surface area contributed by atoms with Gasteiger partial charge in [0.2, 0.25) is 12.2 Å². The molecule has 2 bridgehead atoms. The SMILES string of the molecule is CCNC(O)O[C@@H]1/C(C)=C/[C@@H](C)C(=O)C[C@@H]([C@H](N)C[C@@H]2CC[C@@H](O)[C@H](OC)C2)OC(=O)[C@@H]2CCCCN2C(=O)C(=O)[C@]2(O)O[C@@H](CC[C@H]2C)C[C@H](OC)/C(C)=C/C=C/C=C/[C@@H](C)C[C@@H](C)C(=O)[C@@H]1O. The van der Waals surface area contributed by atoms with E-state index < -0.39 is 114 Å². The number of aliphatic hydroxyl groups excluding tert-OH is 3. The molecule has 1 unspecified atom stereocenters. The van der Waals surface area contributed by atoms with E-state index in [0.29, 0.717) is 69.9 Å². The molecule has 17 heteroatoms.